The van der Waals surface area contributed by atoms with Crippen LogP contribution >= 0.6 is 11.8 Å². The molecule has 20 heavy (non-hydrogen) atoms. The molecule has 0 aliphatic rings. The van der Waals surface area contributed by atoms with E-state index < -0.39 is 0 Å². The number of nitrogens with one attached hydrogen (secondary N) is 2. The Kier molecular flexibility index (Phi) is 4.79. The van der Waals surface area contributed by atoms with Gasteiger partial charge in [-0.1, -0.05) is 24.3 Å². The third-order valence-electron chi connectivity index (χ3n) is 2.50. The summed E-state index contributed by atoms with van der Waals surface area (Å²) in [7, 11) is 0. The molecule has 0 bridgehead atoms. The van der Waals surface area contributed by atoms with Gasteiger partial charge in [0.2, 0.25) is 5.56 Å². The molecule has 0 aliphatic heterocycles. The predicted molar refractivity (Wildman–Crippen MR) is 82.4 cm³/mol. The fourth-order valence-corrected chi connectivity index (χ4v) is 2.36. The summed E-state index contributed by atoms with van der Waals surface area (Å²) in [6.07, 6.45) is 1.80. The van der Waals surface area contributed by atoms with E-state index in [9.17, 15) is 9.59 Å². The Bertz CT molecular complexity index is 679. The SMILES string of the molecule is C=CCSc1ccccc1NC(=O)c1cccc(=O)[nH]1. The highest BCUT2D eigenvalue weighted by Crippen LogP contribution is 2.27. The van der Waals surface area contributed by atoms with Gasteiger partial charge in [0.25, 0.3) is 5.91 Å². The van der Waals surface area contributed by atoms with E-state index in [1.165, 1.54) is 6.07 Å². The van der Waals surface area contributed by atoms with Crippen molar-refractivity contribution in [3.05, 3.63) is 71.2 Å². The summed E-state index contributed by atoms with van der Waals surface area (Å²) < 4.78 is 0. The molecule has 102 valence electrons. The van der Waals surface area contributed by atoms with Gasteiger partial charge < -0.3 is 10.3 Å². The molecule has 0 saturated carbocycles. The van der Waals surface area contributed by atoms with Crippen LogP contribution in [0.4, 0.5) is 5.69 Å². The number of pyridine rings is 1. The highest BCUT2D eigenvalue weighted by molar-refractivity contribution is 7.99. The fraction of sp³-hybridized carbons (Fsp3) is 0.0667. The second-order valence-corrected chi connectivity index (χ2v) is 5.04. The number of amides is 1. The Labute approximate surface area is 120 Å². The van der Waals surface area contributed by atoms with Crippen molar-refractivity contribution in [3.8, 4) is 0 Å². The molecule has 5 heteroatoms. The lowest BCUT2D eigenvalue weighted by atomic mass is 10.3. The lowest BCUT2D eigenvalue weighted by Crippen LogP contribution is -2.18. The first-order valence-electron chi connectivity index (χ1n) is 6.04. The van der Waals surface area contributed by atoms with Crippen LogP contribution in [0.15, 0.2) is 64.8 Å². The normalized spacial score (nSPS) is 10.0. The number of aromatic nitrogens is 1. The molecule has 1 aromatic carbocycles. The number of hydrogen-bond acceptors (Lipinski definition) is 3. The molecule has 0 spiro atoms. The Hall–Kier alpha value is -2.27. The summed E-state index contributed by atoms with van der Waals surface area (Å²) in [5.74, 6) is 0.420. The van der Waals surface area contributed by atoms with Gasteiger partial charge in [-0.05, 0) is 18.2 Å². The minimum absolute atomic E-state index is 0.237. The monoisotopic (exact) mass is 286 g/mol. The molecule has 4 nitrogen and oxygen atoms in total. The molecule has 1 aromatic heterocycles. The summed E-state index contributed by atoms with van der Waals surface area (Å²) in [5.41, 5.74) is 0.655. The number of para-hydroxylation sites is 1. The minimum atomic E-state index is -0.339. The first-order valence-corrected chi connectivity index (χ1v) is 7.02. The second kappa shape index (κ2) is 6.77. The molecule has 0 aliphatic carbocycles. The van der Waals surface area contributed by atoms with Crippen LogP contribution < -0.4 is 10.9 Å². The van der Waals surface area contributed by atoms with E-state index in [1.807, 2.05) is 24.3 Å². The Morgan fingerprint density at radius 2 is 2.05 bits per heavy atom. The number of rotatable bonds is 5. The molecule has 0 fully saturated rings. The number of aromatic amines is 1. The molecule has 0 radical (unpaired) electrons. The van der Waals surface area contributed by atoms with Crippen LogP contribution in [0.25, 0.3) is 0 Å². The third kappa shape index (κ3) is 3.61. The average Bonchev–Trinajstić information content (AvgIpc) is 2.46. The molecule has 0 saturated heterocycles. The molecule has 0 atom stereocenters. The minimum Gasteiger partial charge on any atom is -0.320 e. The molecule has 2 N–H and O–H groups in total. The molecular formula is C15H14N2O2S. The van der Waals surface area contributed by atoms with Crippen molar-refractivity contribution in [2.45, 2.75) is 4.90 Å². The Morgan fingerprint density at radius 1 is 1.25 bits per heavy atom. The van der Waals surface area contributed by atoms with Crippen molar-refractivity contribution in [1.82, 2.24) is 4.98 Å². The molecule has 1 heterocycles. The molecule has 2 rings (SSSR count). The zero-order chi connectivity index (χ0) is 14.4. The topological polar surface area (TPSA) is 62.0 Å². The summed E-state index contributed by atoms with van der Waals surface area (Å²) >= 11 is 1.58. The third-order valence-corrected chi connectivity index (χ3v) is 3.57. The van der Waals surface area contributed by atoms with Crippen molar-refractivity contribution in [2.24, 2.45) is 0 Å². The van der Waals surface area contributed by atoms with Crippen molar-refractivity contribution in [2.75, 3.05) is 11.1 Å². The zero-order valence-corrected chi connectivity index (χ0v) is 11.6. The van der Waals surface area contributed by atoms with Gasteiger partial charge in [-0.25, -0.2) is 0 Å². The summed E-state index contributed by atoms with van der Waals surface area (Å²) in [6, 6.07) is 12.0. The molecule has 0 unspecified atom stereocenters. The average molecular weight is 286 g/mol. The summed E-state index contributed by atoms with van der Waals surface area (Å²) in [6.45, 7) is 3.68. The Morgan fingerprint density at radius 3 is 2.80 bits per heavy atom. The predicted octanol–water partition coefficient (Wildman–Crippen LogP) is 2.91. The standard InChI is InChI=1S/C15H14N2O2S/c1-2-10-20-13-8-4-3-6-11(13)17-15(19)12-7-5-9-14(18)16-12/h2-9H,1,10H2,(H,16,18)(H,17,19). The van der Waals surface area contributed by atoms with Crippen molar-refractivity contribution in [1.29, 1.82) is 0 Å². The van der Waals surface area contributed by atoms with Gasteiger partial charge in [0.05, 0.1) is 5.69 Å². The molecular weight excluding hydrogens is 272 g/mol. The molecule has 2 aromatic rings. The highest BCUT2D eigenvalue weighted by atomic mass is 32.2. The van der Waals surface area contributed by atoms with Gasteiger partial charge >= 0.3 is 0 Å². The van der Waals surface area contributed by atoms with E-state index in [4.69, 9.17) is 0 Å². The maximum Gasteiger partial charge on any atom is 0.272 e. The van der Waals surface area contributed by atoms with Crippen LogP contribution in [-0.2, 0) is 0 Å². The van der Waals surface area contributed by atoms with Crippen LogP contribution in [0.1, 0.15) is 10.5 Å². The number of carbonyl (C=O) groups excluding carboxylic acids is 1. The highest BCUT2D eigenvalue weighted by Gasteiger charge is 2.09. The summed E-state index contributed by atoms with van der Waals surface area (Å²) in [4.78, 5) is 26.7. The number of benzene rings is 1. The van der Waals surface area contributed by atoms with Gasteiger partial charge in [0.1, 0.15) is 5.69 Å². The zero-order valence-electron chi connectivity index (χ0n) is 10.8. The van der Waals surface area contributed by atoms with E-state index in [-0.39, 0.29) is 17.2 Å². The number of thioether (sulfide) groups is 1. The number of carbonyl (C=O) groups is 1. The van der Waals surface area contributed by atoms with Gasteiger partial charge in [-0.15, -0.1) is 18.3 Å². The van der Waals surface area contributed by atoms with Crippen LogP contribution in [0.5, 0.6) is 0 Å². The van der Waals surface area contributed by atoms with E-state index in [0.717, 1.165) is 10.6 Å². The van der Waals surface area contributed by atoms with Crippen molar-refractivity contribution < 1.29 is 4.79 Å². The van der Waals surface area contributed by atoms with Gasteiger partial charge in [-0.3, -0.25) is 9.59 Å². The molecule has 1 amide bonds. The number of hydrogen-bond donors (Lipinski definition) is 2. The van der Waals surface area contributed by atoms with E-state index >= 15 is 0 Å². The lowest BCUT2D eigenvalue weighted by Gasteiger charge is -2.09. The van der Waals surface area contributed by atoms with Crippen LogP contribution in [0, 0.1) is 0 Å². The summed E-state index contributed by atoms with van der Waals surface area (Å²) in [5, 5.41) is 2.80. The fourth-order valence-electron chi connectivity index (χ4n) is 1.61. The van der Waals surface area contributed by atoms with Crippen LogP contribution in [0.3, 0.4) is 0 Å². The lowest BCUT2D eigenvalue weighted by molar-refractivity contribution is 0.102. The van der Waals surface area contributed by atoms with E-state index in [2.05, 4.69) is 16.9 Å². The maximum atomic E-state index is 12.1. The quantitative estimate of drug-likeness (QED) is 0.656. The second-order valence-electron chi connectivity index (χ2n) is 3.98. The van der Waals surface area contributed by atoms with Crippen molar-refractivity contribution >= 4 is 23.4 Å². The van der Waals surface area contributed by atoms with E-state index in [0.29, 0.717) is 5.69 Å². The maximum absolute atomic E-state index is 12.1. The van der Waals surface area contributed by atoms with Gasteiger partial charge in [0, 0.05) is 16.7 Å². The van der Waals surface area contributed by atoms with Gasteiger partial charge in [0.15, 0.2) is 0 Å². The largest absolute Gasteiger partial charge is 0.320 e. The Balaban J connectivity index is 2.19. The van der Waals surface area contributed by atoms with Crippen LogP contribution in [-0.4, -0.2) is 16.6 Å². The van der Waals surface area contributed by atoms with E-state index in [1.54, 1.807) is 30.0 Å². The van der Waals surface area contributed by atoms with Crippen molar-refractivity contribution in [3.63, 3.8) is 0 Å². The first-order chi connectivity index (χ1) is 9.70. The van der Waals surface area contributed by atoms with Gasteiger partial charge in [-0.2, -0.15) is 0 Å². The number of anilines is 1. The first kappa shape index (κ1) is 14.1. The number of H-pyrrole nitrogens is 1. The smallest absolute Gasteiger partial charge is 0.272 e. The van der Waals surface area contributed by atoms with Crippen LogP contribution in [0.2, 0.25) is 0 Å².